The van der Waals surface area contributed by atoms with E-state index < -0.39 is 0 Å². The molecule has 1 aliphatic rings. The van der Waals surface area contributed by atoms with Crippen LogP contribution in [-0.2, 0) is 0 Å². The van der Waals surface area contributed by atoms with Crippen molar-refractivity contribution in [1.29, 1.82) is 0 Å². The molecule has 3 N–H and O–H groups in total. The number of rotatable bonds is 0. The second-order valence-electron chi connectivity index (χ2n) is 1.18. The number of hydrogen-bond acceptors (Lipinski definition) is 3. The molecule has 1 fully saturated rings. The van der Waals surface area contributed by atoms with E-state index in [1.807, 2.05) is 0 Å². The maximum atomic E-state index is 3.11. The van der Waals surface area contributed by atoms with Gasteiger partial charge in [-0.1, -0.05) is 0 Å². The Kier molecular flexibility index (Phi) is 10.6. The smallest absolute Gasteiger partial charge is 0.870 e. The summed E-state index contributed by atoms with van der Waals surface area (Å²) in [5, 5.41) is 6.22. The molecule has 0 unspecified atom stereocenters. The summed E-state index contributed by atoms with van der Waals surface area (Å²) in [5.41, 5.74) is 0. The van der Waals surface area contributed by atoms with E-state index in [1.165, 1.54) is 0 Å². The van der Waals surface area contributed by atoms with Crippen LogP contribution in [-0.4, -0.2) is 25.2 Å². The minimum Gasteiger partial charge on any atom is -0.870 e. The molecule has 1 rings (SSSR count). The molecule has 38 valence electrons. The summed E-state index contributed by atoms with van der Waals surface area (Å²) in [7, 11) is 0. The van der Waals surface area contributed by atoms with Gasteiger partial charge in [0.2, 0.25) is 0 Å². The monoisotopic (exact) mass is 112 g/mol. The van der Waals surface area contributed by atoms with Gasteiger partial charge in [-0.25, -0.2) is 0 Å². The first-order chi connectivity index (χ1) is 2.50. The fourth-order valence-corrected chi connectivity index (χ4v) is 0.442. The van der Waals surface area contributed by atoms with Crippen LogP contribution in [0.2, 0.25) is 0 Å². The predicted molar refractivity (Wildman–Crippen MR) is 22.8 cm³/mol. The molecule has 0 saturated carbocycles. The zero-order valence-corrected chi connectivity index (χ0v) is 6.57. The SMILES string of the molecule is C1CNCN1.[Na+].[OH-]. The maximum Gasteiger partial charge on any atom is 1.00 e. The second kappa shape index (κ2) is 6.88. The molecule has 0 aromatic rings. The van der Waals surface area contributed by atoms with E-state index in [-0.39, 0.29) is 35.0 Å². The molecule has 0 aromatic carbocycles. The van der Waals surface area contributed by atoms with Crippen molar-refractivity contribution in [1.82, 2.24) is 10.6 Å². The van der Waals surface area contributed by atoms with Crippen LogP contribution in [0.25, 0.3) is 0 Å². The largest absolute Gasteiger partial charge is 1.00 e. The summed E-state index contributed by atoms with van der Waals surface area (Å²) < 4.78 is 0. The molecular weight excluding hydrogens is 103 g/mol. The van der Waals surface area contributed by atoms with Gasteiger partial charge in [0.05, 0.1) is 0 Å². The summed E-state index contributed by atoms with van der Waals surface area (Å²) in [6.45, 7) is 3.28. The Hall–Kier alpha value is 0.880. The van der Waals surface area contributed by atoms with Crippen LogP contribution in [0.5, 0.6) is 0 Å². The fourth-order valence-electron chi connectivity index (χ4n) is 0.442. The van der Waals surface area contributed by atoms with Gasteiger partial charge in [0, 0.05) is 19.8 Å². The first-order valence-corrected chi connectivity index (χ1v) is 1.91. The van der Waals surface area contributed by atoms with E-state index in [2.05, 4.69) is 10.6 Å². The minimum absolute atomic E-state index is 0. The van der Waals surface area contributed by atoms with Crippen LogP contribution in [0.1, 0.15) is 0 Å². The molecule has 1 saturated heterocycles. The van der Waals surface area contributed by atoms with Gasteiger partial charge in [-0.05, 0) is 0 Å². The van der Waals surface area contributed by atoms with Gasteiger partial charge in [-0.3, -0.25) is 0 Å². The maximum absolute atomic E-state index is 3.11. The van der Waals surface area contributed by atoms with E-state index in [0.29, 0.717) is 0 Å². The zero-order valence-electron chi connectivity index (χ0n) is 4.57. The first-order valence-electron chi connectivity index (χ1n) is 1.91. The summed E-state index contributed by atoms with van der Waals surface area (Å²) >= 11 is 0. The van der Waals surface area contributed by atoms with Crippen LogP contribution in [0.4, 0.5) is 0 Å². The van der Waals surface area contributed by atoms with Gasteiger partial charge in [-0.2, -0.15) is 0 Å². The molecule has 7 heavy (non-hydrogen) atoms. The van der Waals surface area contributed by atoms with Crippen LogP contribution in [0, 0.1) is 0 Å². The molecule has 0 bridgehead atoms. The Morgan fingerprint density at radius 3 is 1.57 bits per heavy atom. The van der Waals surface area contributed by atoms with Gasteiger partial charge in [0.15, 0.2) is 0 Å². The molecule has 3 nitrogen and oxygen atoms in total. The average Bonchev–Trinajstić information content (AvgIpc) is 1.76. The van der Waals surface area contributed by atoms with E-state index in [0.717, 1.165) is 19.8 Å². The second-order valence-corrected chi connectivity index (χ2v) is 1.18. The van der Waals surface area contributed by atoms with Crippen molar-refractivity contribution in [2.24, 2.45) is 0 Å². The van der Waals surface area contributed by atoms with Crippen LogP contribution in [0.3, 0.4) is 0 Å². The van der Waals surface area contributed by atoms with E-state index in [4.69, 9.17) is 0 Å². The predicted octanol–water partition coefficient (Wildman–Crippen LogP) is -4.04. The van der Waals surface area contributed by atoms with Gasteiger partial charge in [0.25, 0.3) is 0 Å². The minimum atomic E-state index is 0. The third-order valence-corrected chi connectivity index (χ3v) is 0.729. The normalized spacial score (nSPS) is 17.1. The van der Waals surface area contributed by atoms with Crippen LogP contribution in [0.15, 0.2) is 0 Å². The van der Waals surface area contributed by atoms with Crippen molar-refractivity contribution in [2.45, 2.75) is 0 Å². The Labute approximate surface area is 65.5 Å². The molecular formula is C3H9N2NaO. The number of hydrogen-bond donors (Lipinski definition) is 2. The molecule has 0 atom stereocenters. The molecule has 0 spiro atoms. The standard InChI is InChI=1S/C3H8N2.Na.H2O/c1-2-5-3-4-1;;/h4-5H,1-3H2;;1H2/q;+1;/p-1. The van der Waals surface area contributed by atoms with Crippen LogP contribution >= 0.6 is 0 Å². The topological polar surface area (TPSA) is 54.1 Å². The van der Waals surface area contributed by atoms with E-state index in [1.54, 1.807) is 0 Å². The van der Waals surface area contributed by atoms with Gasteiger partial charge < -0.3 is 16.1 Å². The summed E-state index contributed by atoms with van der Waals surface area (Å²) in [6.07, 6.45) is 0. The van der Waals surface area contributed by atoms with Crippen molar-refractivity contribution in [3.63, 3.8) is 0 Å². The van der Waals surface area contributed by atoms with Crippen molar-refractivity contribution in [3.8, 4) is 0 Å². The zero-order chi connectivity index (χ0) is 3.54. The van der Waals surface area contributed by atoms with Crippen molar-refractivity contribution >= 4 is 0 Å². The first kappa shape index (κ1) is 10.8. The third kappa shape index (κ3) is 4.74. The molecule has 4 heteroatoms. The van der Waals surface area contributed by atoms with Crippen molar-refractivity contribution in [2.75, 3.05) is 19.8 Å². The quantitative estimate of drug-likeness (QED) is 0.314. The van der Waals surface area contributed by atoms with Crippen molar-refractivity contribution in [3.05, 3.63) is 0 Å². The fraction of sp³-hybridized carbons (Fsp3) is 1.00. The van der Waals surface area contributed by atoms with Gasteiger partial charge in [0.1, 0.15) is 0 Å². The van der Waals surface area contributed by atoms with E-state index >= 15 is 0 Å². The van der Waals surface area contributed by atoms with Crippen LogP contribution < -0.4 is 40.2 Å². The summed E-state index contributed by atoms with van der Waals surface area (Å²) in [4.78, 5) is 0. The molecule has 0 aromatic heterocycles. The molecule has 1 heterocycles. The molecule has 0 radical (unpaired) electrons. The summed E-state index contributed by atoms with van der Waals surface area (Å²) in [5.74, 6) is 0. The Balaban J connectivity index is 0. The van der Waals surface area contributed by atoms with Gasteiger partial charge >= 0.3 is 29.6 Å². The molecule has 1 aliphatic heterocycles. The average molecular weight is 112 g/mol. The Morgan fingerprint density at radius 2 is 1.43 bits per heavy atom. The Bertz CT molecular complexity index is 24.5. The molecule has 0 aliphatic carbocycles. The summed E-state index contributed by atoms with van der Waals surface area (Å²) in [6, 6.07) is 0. The van der Waals surface area contributed by atoms with Crippen molar-refractivity contribution < 1.29 is 35.0 Å². The van der Waals surface area contributed by atoms with Gasteiger partial charge in [-0.15, -0.1) is 0 Å². The van der Waals surface area contributed by atoms with E-state index in [9.17, 15) is 0 Å². The molecule has 0 amide bonds. The third-order valence-electron chi connectivity index (χ3n) is 0.729. The number of nitrogens with one attached hydrogen (secondary N) is 2. The Morgan fingerprint density at radius 1 is 1.00 bits per heavy atom.